The van der Waals surface area contributed by atoms with E-state index in [-0.39, 0.29) is 6.10 Å². The fourth-order valence-electron chi connectivity index (χ4n) is 3.86. The first-order chi connectivity index (χ1) is 13.9. The van der Waals surface area contributed by atoms with Gasteiger partial charge in [-0.05, 0) is 35.7 Å². The van der Waals surface area contributed by atoms with Crippen molar-refractivity contribution in [1.82, 2.24) is 4.57 Å². The second-order valence-electron chi connectivity index (χ2n) is 7.12. The molecule has 0 amide bonds. The van der Waals surface area contributed by atoms with E-state index in [1.165, 1.54) is 22.0 Å². The highest BCUT2D eigenvalue weighted by Gasteiger charge is 2.19. The van der Waals surface area contributed by atoms with Crippen LogP contribution in [0.15, 0.2) is 83.2 Å². The van der Waals surface area contributed by atoms with Crippen molar-refractivity contribution in [3.8, 4) is 11.3 Å². The Bertz CT molecular complexity index is 1150. The van der Waals surface area contributed by atoms with Gasteiger partial charge in [0.1, 0.15) is 0 Å². The van der Waals surface area contributed by atoms with E-state index in [9.17, 15) is 0 Å². The van der Waals surface area contributed by atoms with Crippen LogP contribution in [0, 0.1) is 0 Å². The summed E-state index contributed by atoms with van der Waals surface area (Å²) in [7, 11) is 0. The largest absolute Gasteiger partial charge is 0.376 e. The molecule has 1 aliphatic rings. The lowest BCUT2D eigenvalue weighted by Crippen LogP contribution is -2.24. The van der Waals surface area contributed by atoms with E-state index in [2.05, 4.69) is 52.4 Å². The van der Waals surface area contributed by atoms with Gasteiger partial charge in [0.05, 0.1) is 24.0 Å². The van der Waals surface area contributed by atoms with Crippen molar-refractivity contribution in [1.29, 1.82) is 0 Å². The van der Waals surface area contributed by atoms with Gasteiger partial charge in [-0.15, -0.1) is 11.3 Å². The zero-order valence-electron chi connectivity index (χ0n) is 15.6. The molecule has 0 saturated carbocycles. The van der Waals surface area contributed by atoms with E-state index in [4.69, 9.17) is 9.73 Å². The second-order valence-corrected chi connectivity index (χ2v) is 7.96. The Labute approximate surface area is 168 Å². The molecule has 4 aromatic rings. The Morgan fingerprint density at radius 3 is 2.64 bits per heavy atom. The van der Waals surface area contributed by atoms with Crippen molar-refractivity contribution in [2.24, 2.45) is 4.99 Å². The first-order valence-corrected chi connectivity index (χ1v) is 10.6. The van der Waals surface area contributed by atoms with Gasteiger partial charge >= 0.3 is 0 Å². The summed E-state index contributed by atoms with van der Waals surface area (Å²) in [4.78, 5) is 5.95. The molecule has 2 heterocycles. The predicted octanol–water partition coefficient (Wildman–Crippen LogP) is 5.78. The molecule has 0 spiro atoms. The summed E-state index contributed by atoms with van der Waals surface area (Å²) in [5, 5.41) is 4.77. The molecular weight excluding hydrogens is 364 g/mol. The summed E-state index contributed by atoms with van der Waals surface area (Å²) in [5.74, 6) is 0. The number of ether oxygens (including phenoxy) is 1. The average Bonchev–Trinajstić information content (AvgIpc) is 3.39. The number of hydrogen-bond donors (Lipinski definition) is 0. The summed E-state index contributed by atoms with van der Waals surface area (Å²) in [6.07, 6.45) is 2.52. The van der Waals surface area contributed by atoms with Crippen LogP contribution < -0.4 is 4.80 Å². The lowest BCUT2D eigenvalue weighted by atomic mass is 10.0. The normalized spacial score (nSPS) is 17.4. The number of thiazole rings is 1. The number of hydrogen-bond acceptors (Lipinski definition) is 3. The summed E-state index contributed by atoms with van der Waals surface area (Å²) < 4.78 is 8.29. The molecule has 28 heavy (non-hydrogen) atoms. The number of para-hydroxylation sites is 1. The van der Waals surface area contributed by atoms with Crippen molar-refractivity contribution in [3.05, 3.63) is 83.0 Å². The minimum atomic E-state index is 0.262. The Morgan fingerprint density at radius 1 is 0.964 bits per heavy atom. The maximum absolute atomic E-state index is 5.95. The van der Waals surface area contributed by atoms with E-state index in [0.717, 1.165) is 36.5 Å². The SMILES string of the molecule is c1ccc(N=c2scc(-c3cccc4ccccc34)n2CC2CCCO2)cc1. The van der Waals surface area contributed by atoms with Gasteiger partial charge in [-0.25, -0.2) is 4.99 Å². The van der Waals surface area contributed by atoms with Gasteiger partial charge in [-0.2, -0.15) is 0 Å². The zero-order chi connectivity index (χ0) is 18.8. The smallest absolute Gasteiger partial charge is 0.190 e. The summed E-state index contributed by atoms with van der Waals surface area (Å²) in [6, 6.07) is 25.3. The number of rotatable bonds is 4. The molecule has 0 aliphatic carbocycles. The molecule has 1 saturated heterocycles. The minimum Gasteiger partial charge on any atom is -0.376 e. The van der Waals surface area contributed by atoms with Gasteiger partial charge in [0.2, 0.25) is 0 Å². The lowest BCUT2D eigenvalue weighted by molar-refractivity contribution is 0.0968. The number of benzene rings is 3. The highest BCUT2D eigenvalue weighted by molar-refractivity contribution is 7.07. The lowest BCUT2D eigenvalue weighted by Gasteiger charge is -2.15. The number of aromatic nitrogens is 1. The summed E-state index contributed by atoms with van der Waals surface area (Å²) in [5.41, 5.74) is 3.45. The fourth-order valence-corrected chi connectivity index (χ4v) is 4.79. The maximum atomic E-state index is 5.95. The third-order valence-electron chi connectivity index (χ3n) is 5.25. The molecule has 0 bridgehead atoms. The first kappa shape index (κ1) is 17.4. The number of fused-ring (bicyclic) bond motifs is 1. The van der Waals surface area contributed by atoms with Crippen LogP contribution in [0.25, 0.3) is 22.0 Å². The summed E-state index contributed by atoms with van der Waals surface area (Å²) >= 11 is 1.70. The van der Waals surface area contributed by atoms with Gasteiger partial charge in [0.25, 0.3) is 0 Å². The van der Waals surface area contributed by atoms with Gasteiger partial charge in [-0.3, -0.25) is 0 Å². The van der Waals surface area contributed by atoms with Crippen LogP contribution in [0.1, 0.15) is 12.8 Å². The van der Waals surface area contributed by atoms with Crippen LogP contribution in [-0.2, 0) is 11.3 Å². The first-order valence-electron chi connectivity index (χ1n) is 9.76. The molecule has 3 nitrogen and oxygen atoms in total. The van der Waals surface area contributed by atoms with Crippen LogP contribution in [0.5, 0.6) is 0 Å². The molecule has 1 aliphatic heterocycles. The molecule has 1 atom stereocenters. The third kappa shape index (κ3) is 3.41. The Hall–Kier alpha value is -2.69. The molecule has 140 valence electrons. The molecule has 3 aromatic carbocycles. The molecular formula is C24H22N2OS. The molecule has 1 aromatic heterocycles. The van der Waals surface area contributed by atoms with E-state index in [1.54, 1.807) is 11.3 Å². The molecule has 1 fully saturated rings. The van der Waals surface area contributed by atoms with E-state index in [0.29, 0.717) is 0 Å². The van der Waals surface area contributed by atoms with E-state index in [1.807, 2.05) is 30.3 Å². The van der Waals surface area contributed by atoms with Crippen molar-refractivity contribution in [2.45, 2.75) is 25.5 Å². The molecule has 4 heteroatoms. The van der Waals surface area contributed by atoms with Crippen molar-refractivity contribution in [2.75, 3.05) is 6.61 Å². The standard InChI is InChI=1S/C24H22N2OS/c1-2-10-19(11-3-1)25-24-26(16-20-12-7-15-27-20)23(17-28-24)22-14-6-9-18-8-4-5-13-21(18)22/h1-6,8-11,13-14,17,20H,7,12,15-16H2. The monoisotopic (exact) mass is 386 g/mol. The van der Waals surface area contributed by atoms with Gasteiger partial charge in [-0.1, -0.05) is 60.7 Å². The van der Waals surface area contributed by atoms with E-state index < -0.39 is 0 Å². The average molecular weight is 387 g/mol. The molecule has 1 unspecified atom stereocenters. The maximum Gasteiger partial charge on any atom is 0.190 e. The van der Waals surface area contributed by atoms with Crippen molar-refractivity contribution < 1.29 is 4.74 Å². The predicted molar refractivity (Wildman–Crippen MR) is 116 cm³/mol. The van der Waals surface area contributed by atoms with Gasteiger partial charge in [0.15, 0.2) is 4.80 Å². The summed E-state index contributed by atoms with van der Waals surface area (Å²) in [6.45, 7) is 1.71. The van der Waals surface area contributed by atoms with Gasteiger partial charge < -0.3 is 9.30 Å². The van der Waals surface area contributed by atoms with Crippen LogP contribution in [0.3, 0.4) is 0 Å². The second kappa shape index (κ2) is 7.74. The molecule has 0 radical (unpaired) electrons. The van der Waals surface area contributed by atoms with Crippen LogP contribution in [0.4, 0.5) is 5.69 Å². The van der Waals surface area contributed by atoms with Crippen LogP contribution in [-0.4, -0.2) is 17.3 Å². The fraction of sp³-hybridized carbons (Fsp3) is 0.208. The van der Waals surface area contributed by atoms with E-state index >= 15 is 0 Å². The van der Waals surface area contributed by atoms with Crippen LogP contribution in [0.2, 0.25) is 0 Å². The van der Waals surface area contributed by atoms with Crippen molar-refractivity contribution in [3.63, 3.8) is 0 Å². The highest BCUT2D eigenvalue weighted by Crippen LogP contribution is 2.30. The highest BCUT2D eigenvalue weighted by atomic mass is 32.1. The molecule has 5 rings (SSSR count). The topological polar surface area (TPSA) is 26.5 Å². The minimum absolute atomic E-state index is 0.262. The Balaban J connectivity index is 1.68. The van der Waals surface area contributed by atoms with Gasteiger partial charge in [0, 0.05) is 17.6 Å². The Kier molecular flexibility index (Phi) is 4.81. The third-order valence-corrected chi connectivity index (χ3v) is 6.12. The zero-order valence-corrected chi connectivity index (χ0v) is 16.4. The quantitative estimate of drug-likeness (QED) is 0.436. The van der Waals surface area contributed by atoms with Crippen LogP contribution >= 0.6 is 11.3 Å². The Morgan fingerprint density at radius 2 is 1.79 bits per heavy atom. The number of nitrogens with zero attached hydrogens (tertiary/aromatic N) is 2. The molecule has 0 N–H and O–H groups in total. The van der Waals surface area contributed by atoms with Crippen molar-refractivity contribution >= 4 is 27.8 Å².